The zero-order chi connectivity index (χ0) is 11.5. The molecule has 0 unspecified atom stereocenters. The van der Waals surface area contributed by atoms with Gasteiger partial charge in [-0.1, -0.05) is 18.2 Å². The van der Waals surface area contributed by atoms with E-state index in [2.05, 4.69) is 4.85 Å². The van der Waals surface area contributed by atoms with Crippen molar-refractivity contribution in [2.24, 2.45) is 0 Å². The minimum absolute atomic E-state index is 0.0988. The summed E-state index contributed by atoms with van der Waals surface area (Å²) in [7, 11) is 0. The number of carbonyl (C=O) groups is 1. The molecule has 2 rings (SSSR count). The number of rotatable bonds is 0. The summed E-state index contributed by atoms with van der Waals surface area (Å²) in [5.74, 6) is 1.02. The third-order valence-corrected chi connectivity index (χ3v) is 3.69. The molecule has 0 aliphatic carbocycles. The first-order valence-corrected chi connectivity index (χ1v) is 6.08. The average molecular weight is 232 g/mol. The number of nitrogens with zero attached hydrogens (tertiary/aromatic N) is 2. The Balaban J connectivity index is 2.34. The molecular formula is C12H12N2OS. The largest absolute Gasteiger partial charge is 0.338 e. The molecule has 1 aromatic rings. The monoisotopic (exact) mass is 232 g/mol. The molecule has 1 heterocycles. The van der Waals surface area contributed by atoms with Crippen LogP contribution in [0, 0.1) is 6.57 Å². The molecule has 4 heteroatoms. The van der Waals surface area contributed by atoms with Gasteiger partial charge in [-0.15, -0.1) is 11.8 Å². The smallest absolute Gasteiger partial charge is 0.219 e. The zero-order valence-electron chi connectivity index (χ0n) is 9.06. The first-order valence-electron chi connectivity index (χ1n) is 5.09. The Kier molecular flexibility index (Phi) is 3.16. The quantitative estimate of drug-likeness (QED) is 0.642. The summed E-state index contributed by atoms with van der Waals surface area (Å²) in [5, 5.41) is 0. The fourth-order valence-corrected chi connectivity index (χ4v) is 2.72. The van der Waals surface area contributed by atoms with Gasteiger partial charge in [-0.3, -0.25) is 4.79 Å². The second-order valence-corrected chi connectivity index (χ2v) is 4.83. The van der Waals surface area contributed by atoms with Gasteiger partial charge >= 0.3 is 0 Å². The van der Waals surface area contributed by atoms with Crippen LogP contribution >= 0.6 is 11.8 Å². The summed E-state index contributed by atoms with van der Waals surface area (Å²) in [5.41, 5.74) is 1.73. The van der Waals surface area contributed by atoms with Crippen molar-refractivity contribution in [3.05, 3.63) is 35.2 Å². The van der Waals surface area contributed by atoms with Crippen molar-refractivity contribution < 1.29 is 4.79 Å². The van der Waals surface area contributed by atoms with Crippen LogP contribution in [0.3, 0.4) is 0 Å². The lowest BCUT2D eigenvalue weighted by molar-refractivity contribution is -0.129. The number of amides is 1. The molecule has 1 amide bonds. The van der Waals surface area contributed by atoms with E-state index in [4.69, 9.17) is 6.57 Å². The Labute approximate surface area is 99.3 Å². The molecule has 0 bridgehead atoms. The first kappa shape index (κ1) is 11.0. The molecule has 1 aliphatic rings. The standard InChI is InChI=1S/C12H12N2OS/c1-9(15)14-5-6-16-12-4-3-11(13-2)7-10(12)8-14/h3-4,7H,5-6,8H2,1H3. The molecule has 0 radical (unpaired) electrons. The highest BCUT2D eigenvalue weighted by molar-refractivity contribution is 7.99. The van der Waals surface area contributed by atoms with Gasteiger partial charge in [-0.2, -0.15) is 0 Å². The van der Waals surface area contributed by atoms with Gasteiger partial charge in [0.2, 0.25) is 5.91 Å². The Morgan fingerprint density at radius 1 is 1.56 bits per heavy atom. The Morgan fingerprint density at radius 3 is 3.06 bits per heavy atom. The number of hydrogen-bond acceptors (Lipinski definition) is 2. The summed E-state index contributed by atoms with van der Waals surface area (Å²) < 4.78 is 0. The van der Waals surface area contributed by atoms with E-state index in [0.29, 0.717) is 12.2 Å². The van der Waals surface area contributed by atoms with E-state index in [1.807, 2.05) is 23.1 Å². The van der Waals surface area contributed by atoms with Crippen molar-refractivity contribution >= 4 is 23.4 Å². The van der Waals surface area contributed by atoms with Crippen molar-refractivity contribution in [1.82, 2.24) is 4.90 Å². The molecule has 0 spiro atoms. The molecule has 16 heavy (non-hydrogen) atoms. The second-order valence-electron chi connectivity index (χ2n) is 3.69. The van der Waals surface area contributed by atoms with Gasteiger partial charge in [0.05, 0.1) is 6.57 Å². The average Bonchev–Trinajstić information content (AvgIpc) is 2.49. The molecule has 0 saturated heterocycles. The van der Waals surface area contributed by atoms with Gasteiger partial charge in [0, 0.05) is 30.7 Å². The molecule has 3 nitrogen and oxygen atoms in total. The van der Waals surface area contributed by atoms with Crippen molar-refractivity contribution in [1.29, 1.82) is 0 Å². The predicted molar refractivity (Wildman–Crippen MR) is 64.5 cm³/mol. The Morgan fingerprint density at radius 2 is 2.38 bits per heavy atom. The minimum Gasteiger partial charge on any atom is -0.338 e. The van der Waals surface area contributed by atoms with E-state index >= 15 is 0 Å². The van der Waals surface area contributed by atoms with E-state index in [9.17, 15) is 4.79 Å². The summed E-state index contributed by atoms with van der Waals surface area (Å²) >= 11 is 1.75. The molecule has 1 aliphatic heterocycles. The molecule has 82 valence electrons. The third-order valence-electron chi connectivity index (χ3n) is 2.60. The van der Waals surface area contributed by atoms with Crippen LogP contribution in [0.25, 0.3) is 4.85 Å². The Hall–Kier alpha value is -1.47. The summed E-state index contributed by atoms with van der Waals surface area (Å²) in [4.78, 5) is 17.8. The minimum atomic E-state index is 0.0988. The highest BCUT2D eigenvalue weighted by Crippen LogP contribution is 2.30. The van der Waals surface area contributed by atoms with Crippen molar-refractivity contribution in [2.45, 2.75) is 18.4 Å². The van der Waals surface area contributed by atoms with Gasteiger partial charge in [-0.25, -0.2) is 4.85 Å². The normalized spacial score (nSPS) is 14.9. The van der Waals surface area contributed by atoms with Crippen LogP contribution < -0.4 is 0 Å². The van der Waals surface area contributed by atoms with E-state index in [1.54, 1.807) is 18.7 Å². The number of hydrogen-bond donors (Lipinski definition) is 0. The van der Waals surface area contributed by atoms with Crippen LogP contribution in [0.5, 0.6) is 0 Å². The summed E-state index contributed by atoms with van der Waals surface area (Å²) in [6.07, 6.45) is 0. The number of fused-ring (bicyclic) bond motifs is 1. The number of thioether (sulfide) groups is 1. The van der Waals surface area contributed by atoms with Crippen LogP contribution in [0.2, 0.25) is 0 Å². The van der Waals surface area contributed by atoms with E-state index in [1.165, 1.54) is 4.90 Å². The van der Waals surface area contributed by atoms with Crippen LogP contribution in [0.1, 0.15) is 12.5 Å². The number of carbonyl (C=O) groups excluding carboxylic acids is 1. The summed E-state index contributed by atoms with van der Waals surface area (Å²) in [6.45, 7) is 9.99. The maximum absolute atomic E-state index is 11.4. The first-order chi connectivity index (χ1) is 7.70. The molecular weight excluding hydrogens is 220 g/mol. The molecule has 0 fully saturated rings. The highest BCUT2D eigenvalue weighted by Gasteiger charge is 2.16. The van der Waals surface area contributed by atoms with Gasteiger partial charge in [0.15, 0.2) is 5.69 Å². The predicted octanol–water partition coefficient (Wildman–Crippen LogP) is 2.69. The van der Waals surface area contributed by atoms with Crippen molar-refractivity contribution in [3.8, 4) is 0 Å². The van der Waals surface area contributed by atoms with E-state index in [-0.39, 0.29) is 5.91 Å². The number of benzene rings is 1. The lowest BCUT2D eigenvalue weighted by Crippen LogP contribution is -2.29. The maximum atomic E-state index is 11.4. The molecule has 0 N–H and O–H groups in total. The topological polar surface area (TPSA) is 24.7 Å². The highest BCUT2D eigenvalue weighted by atomic mass is 32.2. The SMILES string of the molecule is [C-]#[N+]c1ccc2c(c1)CN(C(C)=O)CCS2. The van der Waals surface area contributed by atoms with Crippen LogP contribution in [-0.2, 0) is 11.3 Å². The maximum Gasteiger partial charge on any atom is 0.219 e. The molecule has 0 aromatic heterocycles. The van der Waals surface area contributed by atoms with Crippen molar-refractivity contribution in [2.75, 3.05) is 12.3 Å². The van der Waals surface area contributed by atoms with Crippen LogP contribution in [0.15, 0.2) is 23.1 Å². The lowest BCUT2D eigenvalue weighted by atomic mass is 10.2. The third kappa shape index (κ3) is 2.20. The fourth-order valence-electron chi connectivity index (χ4n) is 1.72. The molecule has 0 atom stereocenters. The van der Waals surface area contributed by atoms with Crippen LogP contribution in [-0.4, -0.2) is 23.1 Å². The molecule has 0 saturated carbocycles. The fraction of sp³-hybridized carbons (Fsp3) is 0.333. The van der Waals surface area contributed by atoms with Gasteiger partial charge in [-0.05, 0) is 5.56 Å². The van der Waals surface area contributed by atoms with Gasteiger partial charge in [0.1, 0.15) is 0 Å². The van der Waals surface area contributed by atoms with Crippen LogP contribution in [0.4, 0.5) is 5.69 Å². The second kappa shape index (κ2) is 4.58. The lowest BCUT2D eigenvalue weighted by Gasteiger charge is -2.18. The van der Waals surface area contributed by atoms with Gasteiger partial charge in [0.25, 0.3) is 0 Å². The zero-order valence-corrected chi connectivity index (χ0v) is 9.88. The van der Waals surface area contributed by atoms with E-state index < -0.39 is 0 Å². The van der Waals surface area contributed by atoms with Crippen molar-refractivity contribution in [3.63, 3.8) is 0 Å². The van der Waals surface area contributed by atoms with Gasteiger partial charge < -0.3 is 4.90 Å². The Bertz CT molecular complexity index is 465. The summed E-state index contributed by atoms with van der Waals surface area (Å²) in [6, 6.07) is 5.70. The molecule has 1 aromatic carbocycles. The van der Waals surface area contributed by atoms with E-state index in [0.717, 1.165) is 17.9 Å².